The van der Waals surface area contributed by atoms with E-state index in [1.807, 2.05) is 6.92 Å². The van der Waals surface area contributed by atoms with Crippen LogP contribution >= 0.6 is 0 Å². The summed E-state index contributed by atoms with van der Waals surface area (Å²) in [4.78, 5) is 12.4. The summed E-state index contributed by atoms with van der Waals surface area (Å²) in [5.74, 6) is 1.15. The van der Waals surface area contributed by atoms with Gasteiger partial charge in [-0.15, -0.1) is 6.58 Å². The van der Waals surface area contributed by atoms with Gasteiger partial charge in [0, 0.05) is 5.56 Å². The predicted octanol–water partition coefficient (Wildman–Crippen LogP) is 2.84. The minimum absolute atomic E-state index is 0.157. The molecule has 0 bridgehead atoms. The number of rotatable bonds is 10. The van der Waals surface area contributed by atoms with Crippen molar-refractivity contribution in [1.29, 1.82) is 0 Å². The van der Waals surface area contributed by atoms with Crippen LogP contribution in [0.15, 0.2) is 61.2 Å². The van der Waals surface area contributed by atoms with Gasteiger partial charge in [0.2, 0.25) is 10.0 Å². The lowest BCUT2D eigenvalue weighted by Crippen LogP contribution is -2.36. The van der Waals surface area contributed by atoms with Gasteiger partial charge in [0.25, 0.3) is 5.91 Å². The van der Waals surface area contributed by atoms with E-state index in [9.17, 15) is 13.2 Å². The maximum atomic E-state index is 12.4. The molecule has 29 heavy (non-hydrogen) atoms. The molecule has 0 aliphatic heterocycles. The van der Waals surface area contributed by atoms with E-state index in [2.05, 4.69) is 11.9 Å². The number of sulfonamides is 1. The normalized spacial score (nSPS) is 12.0. The fourth-order valence-electron chi connectivity index (χ4n) is 2.57. The number of hydrogen-bond donors (Lipinski definition) is 1. The molecule has 1 amide bonds. The van der Waals surface area contributed by atoms with E-state index in [1.54, 1.807) is 55.6 Å². The van der Waals surface area contributed by atoms with Gasteiger partial charge in [0.15, 0.2) is 0 Å². The fraction of sp³-hybridized carbons (Fsp3) is 0.286. The Kier molecular flexibility index (Phi) is 7.67. The highest BCUT2D eigenvalue weighted by molar-refractivity contribution is 7.92. The van der Waals surface area contributed by atoms with Crippen LogP contribution in [0.5, 0.6) is 11.5 Å². The first kappa shape index (κ1) is 22.3. The molecule has 7 nitrogen and oxygen atoms in total. The number of carbonyl (C=O) groups is 1. The molecule has 0 fully saturated rings. The van der Waals surface area contributed by atoms with Gasteiger partial charge in [-0.25, -0.2) is 8.42 Å². The quantitative estimate of drug-likeness (QED) is 0.600. The number of methoxy groups -OCH3 is 1. The molecular weight excluding hydrogens is 392 g/mol. The molecule has 1 N–H and O–H groups in total. The second kappa shape index (κ2) is 9.97. The van der Waals surface area contributed by atoms with Crippen LogP contribution < -0.4 is 19.1 Å². The van der Waals surface area contributed by atoms with E-state index in [-0.39, 0.29) is 18.5 Å². The van der Waals surface area contributed by atoms with Gasteiger partial charge in [-0.1, -0.05) is 6.08 Å². The first-order valence-corrected chi connectivity index (χ1v) is 10.9. The maximum Gasteiger partial charge on any atom is 0.251 e. The molecule has 2 rings (SSSR count). The summed E-state index contributed by atoms with van der Waals surface area (Å²) in [5.41, 5.74) is 0.900. The average molecular weight is 419 g/mol. The Morgan fingerprint density at radius 2 is 1.72 bits per heavy atom. The van der Waals surface area contributed by atoms with E-state index in [1.165, 1.54) is 10.4 Å². The van der Waals surface area contributed by atoms with Gasteiger partial charge in [0.1, 0.15) is 18.1 Å². The third kappa shape index (κ3) is 6.53. The number of carbonyl (C=O) groups excluding carboxylic acids is 1. The molecule has 2 aromatic rings. The first-order chi connectivity index (χ1) is 13.7. The molecule has 1 atom stereocenters. The minimum Gasteiger partial charge on any atom is -0.497 e. The molecule has 0 saturated heterocycles. The summed E-state index contributed by atoms with van der Waals surface area (Å²) in [7, 11) is -1.84. The van der Waals surface area contributed by atoms with Crippen molar-refractivity contribution < 1.29 is 22.7 Å². The van der Waals surface area contributed by atoms with Crippen molar-refractivity contribution in [1.82, 2.24) is 5.32 Å². The number of hydrogen-bond acceptors (Lipinski definition) is 5. The first-order valence-electron chi connectivity index (χ1n) is 9.01. The summed E-state index contributed by atoms with van der Waals surface area (Å²) >= 11 is 0. The van der Waals surface area contributed by atoms with E-state index in [4.69, 9.17) is 9.47 Å². The zero-order chi connectivity index (χ0) is 21.4. The van der Waals surface area contributed by atoms with Crippen LogP contribution in [0.1, 0.15) is 17.3 Å². The van der Waals surface area contributed by atoms with Crippen molar-refractivity contribution in [2.45, 2.75) is 13.0 Å². The molecule has 156 valence electrons. The van der Waals surface area contributed by atoms with Crippen LogP contribution in [-0.2, 0) is 10.0 Å². The third-order valence-electron chi connectivity index (χ3n) is 4.05. The molecule has 0 aliphatic rings. The highest BCUT2D eigenvalue weighted by Crippen LogP contribution is 2.19. The van der Waals surface area contributed by atoms with Crippen molar-refractivity contribution >= 4 is 21.6 Å². The van der Waals surface area contributed by atoms with Crippen molar-refractivity contribution in [3.8, 4) is 11.5 Å². The second-order valence-electron chi connectivity index (χ2n) is 6.49. The van der Waals surface area contributed by atoms with Gasteiger partial charge in [0.05, 0.1) is 31.6 Å². The van der Waals surface area contributed by atoms with E-state index in [0.717, 1.165) is 12.0 Å². The topological polar surface area (TPSA) is 84.9 Å². The van der Waals surface area contributed by atoms with Crippen molar-refractivity contribution in [2.24, 2.45) is 0 Å². The smallest absolute Gasteiger partial charge is 0.251 e. The Hall–Kier alpha value is -3.00. The number of anilines is 1. The lowest BCUT2D eigenvalue weighted by atomic mass is 10.2. The zero-order valence-corrected chi connectivity index (χ0v) is 17.6. The zero-order valence-electron chi connectivity index (χ0n) is 16.8. The molecule has 0 spiro atoms. The Balaban J connectivity index is 1.94. The second-order valence-corrected chi connectivity index (χ2v) is 8.40. The minimum atomic E-state index is -3.43. The number of benzene rings is 2. The molecule has 0 aromatic heterocycles. The van der Waals surface area contributed by atoms with E-state index >= 15 is 0 Å². The standard InChI is InChI=1S/C21H26N2O5S/c1-5-14-23(29(4,25)26)18-8-6-17(7-9-18)21(24)22-16(2)15-28-20-12-10-19(27-3)11-13-20/h5-13,16H,1,14-15H2,2-4H3,(H,22,24)/t16-/m0/s1. The van der Waals surface area contributed by atoms with Crippen LogP contribution in [0.25, 0.3) is 0 Å². The van der Waals surface area contributed by atoms with E-state index in [0.29, 0.717) is 23.6 Å². The summed E-state index contributed by atoms with van der Waals surface area (Å²) in [6, 6.07) is 13.3. The van der Waals surface area contributed by atoms with Crippen LogP contribution in [0, 0.1) is 0 Å². The third-order valence-corrected chi connectivity index (χ3v) is 5.21. The van der Waals surface area contributed by atoms with Gasteiger partial charge in [-0.05, 0) is 55.5 Å². The van der Waals surface area contributed by atoms with Crippen LogP contribution in [0.3, 0.4) is 0 Å². The maximum absolute atomic E-state index is 12.4. The summed E-state index contributed by atoms with van der Waals surface area (Å²) in [6.45, 7) is 5.88. The Bertz CT molecular complexity index is 925. The Morgan fingerprint density at radius 3 is 2.24 bits per heavy atom. The molecule has 0 saturated carbocycles. The molecule has 0 unspecified atom stereocenters. The Labute approximate surface area is 172 Å². The monoisotopic (exact) mass is 418 g/mol. The summed E-state index contributed by atoms with van der Waals surface area (Å²) < 4.78 is 35.8. The number of nitrogens with one attached hydrogen (secondary N) is 1. The average Bonchev–Trinajstić information content (AvgIpc) is 2.70. The van der Waals surface area contributed by atoms with Crippen LogP contribution in [0.4, 0.5) is 5.69 Å². The molecule has 2 aromatic carbocycles. The number of nitrogens with zero attached hydrogens (tertiary/aromatic N) is 1. The van der Waals surface area contributed by atoms with Crippen LogP contribution in [0.2, 0.25) is 0 Å². The van der Waals surface area contributed by atoms with Crippen molar-refractivity contribution in [3.63, 3.8) is 0 Å². The highest BCUT2D eigenvalue weighted by atomic mass is 32.2. The Morgan fingerprint density at radius 1 is 1.14 bits per heavy atom. The number of amides is 1. The highest BCUT2D eigenvalue weighted by Gasteiger charge is 2.17. The number of ether oxygens (including phenoxy) is 2. The van der Waals surface area contributed by atoms with Gasteiger partial charge < -0.3 is 14.8 Å². The van der Waals surface area contributed by atoms with Crippen molar-refractivity contribution in [3.05, 3.63) is 66.7 Å². The molecular formula is C21H26N2O5S. The molecule has 0 radical (unpaired) electrons. The van der Waals surface area contributed by atoms with Gasteiger partial charge >= 0.3 is 0 Å². The summed E-state index contributed by atoms with van der Waals surface area (Å²) in [5, 5.41) is 2.86. The van der Waals surface area contributed by atoms with Crippen LogP contribution in [-0.4, -0.2) is 46.9 Å². The summed E-state index contributed by atoms with van der Waals surface area (Å²) in [6.07, 6.45) is 2.63. The lowest BCUT2D eigenvalue weighted by molar-refractivity contribution is 0.0926. The molecule has 0 heterocycles. The van der Waals surface area contributed by atoms with Gasteiger partial charge in [-0.2, -0.15) is 0 Å². The van der Waals surface area contributed by atoms with Gasteiger partial charge in [-0.3, -0.25) is 9.10 Å². The van der Waals surface area contributed by atoms with E-state index < -0.39 is 10.0 Å². The predicted molar refractivity (Wildman–Crippen MR) is 114 cm³/mol. The largest absolute Gasteiger partial charge is 0.497 e. The lowest BCUT2D eigenvalue weighted by Gasteiger charge is -2.21. The van der Waals surface area contributed by atoms with Crippen molar-refractivity contribution in [2.75, 3.05) is 30.8 Å². The molecule has 0 aliphatic carbocycles. The molecule has 8 heteroatoms. The SMILES string of the molecule is C=CCN(c1ccc(C(=O)N[C@@H](C)COc2ccc(OC)cc2)cc1)S(C)(=O)=O. The fourth-order valence-corrected chi connectivity index (χ4v) is 3.45.